The number of benzene rings is 1. The third-order valence-electron chi connectivity index (χ3n) is 4.37. The van der Waals surface area contributed by atoms with E-state index in [4.69, 9.17) is 4.52 Å². The van der Waals surface area contributed by atoms with E-state index in [2.05, 4.69) is 17.1 Å². The summed E-state index contributed by atoms with van der Waals surface area (Å²) in [6, 6.07) is 11.7. The third-order valence-corrected chi connectivity index (χ3v) is 4.37. The summed E-state index contributed by atoms with van der Waals surface area (Å²) >= 11 is 0. The molecule has 3 aromatic rings. The van der Waals surface area contributed by atoms with E-state index in [0.29, 0.717) is 28.9 Å². The van der Waals surface area contributed by atoms with Crippen LogP contribution in [0.5, 0.6) is 0 Å². The molecule has 0 saturated carbocycles. The highest BCUT2D eigenvalue weighted by Crippen LogP contribution is 2.28. The quantitative estimate of drug-likeness (QED) is 0.666. The van der Waals surface area contributed by atoms with Gasteiger partial charge >= 0.3 is 0 Å². The minimum Gasteiger partial charge on any atom is -0.339 e. The normalized spacial score (nSPS) is 11.0. The van der Waals surface area contributed by atoms with Crippen LogP contribution < -0.4 is 0 Å². The van der Waals surface area contributed by atoms with Gasteiger partial charge in [0.15, 0.2) is 0 Å². The maximum Gasteiger partial charge on any atom is 0.259 e. The Labute approximate surface area is 147 Å². The molecule has 1 aromatic carbocycles. The number of pyridine rings is 1. The molecular formula is C20H23N3O2. The summed E-state index contributed by atoms with van der Waals surface area (Å²) in [5, 5.41) is 4.72. The molecule has 0 saturated heterocycles. The number of unbranched alkanes of at least 4 members (excludes halogenated alkanes) is 1. The summed E-state index contributed by atoms with van der Waals surface area (Å²) in [6.07, 6.45) is 2.04. The number of hydrogen-bond acceptors (Lipinski definition) is 4. The summed E-state index contributed by atoms with van der Waals surface area (Å²) in [7, 11) is 0. The molecule has 0 atom stereocenters. The van der Waals surface area contributed by atoms with Gasteiger partial charge in [-0.05, 0) is 26.3 Å². The Kier molecular flexibility index (Phi) is 5.12. The topological polar surface area (TPSA) is 59.2 Å². The van der Waals surface area contributed by atoms with Crippen LogP contribution in [0.4, 0.5) is 0 Å². The molecule has 0 spiro atoms. The molecule has 25 heavy (non-hydrogen) atoms. The second-order valence-corrected chi connectivity index (χ2v) is 6.11. The van der Waals surface area contributed by atoms with Crippen LogP contribution in [-0.2, 0) is 0 Å². The average Bonchev–Trinajstić information content (AvgIpc) is 3.03. The highest BCUT2D eigenvalue weighted by molar-refractivity contribution is 6.07. The maximum absolute atomic E-state index is 13.2. The number of aromatic nitrogens is 2. The molecule has 0 bridgehead atoms. The fourth-order valence-corrected chi connectivity index (χ4v) is 2.94. The zero-order valence-corrected chi connectivity index (χ0v) is 15.0. The SMILES string of the molecule is CCCCN(CC)C(=O)c1cc(-c2ccccc2)nc2onc(C)c12. The Morgan fingerprint density at radius 2 is 1.96 bits per heavy atom. The number of amides is 1. The molecule has 2 aromatic heterocycles. The van der Waals surface area contributed by atoms with Crippen molar-refractivity contribution in [3.05, 3.63) is 47.7 Å². The summed E-state index contributed by atoms with van der Waals surface area (Å²) < 4.78 is 5.36. The Bertz CT molecular complexity index is 871. The number of rotatable bonds is 6. The summed E-state index contributed by atoms with van der Waals surface area (Å²) in [5.74, 6) is 0.00633. The van der Waals surface area contributed by atoms with Gasteiger partial charge in [0.1, 0.15) is 0 Å². The van der Waals surface area contributed by atoms with Crippen molar-refractivity contribution in [3.63, 3.8) is 0 Å². The van der Waals surface area contributed by atoms with Crippen molar-refractivity contribution in [3.8, 4) is 11.3 Å². The highest BCUT2D eigenvalue weighted by atomic mass is 16.5. The fraction of sp³-hybridized carbons (Fsp3) is 0.350. The van der Waals surface area contributed by atoms with Crippen molar-refractivity contribution in [2.75, 3.05) is 13.1 Å². The minimum absolute atomic E-state index is 0.00633. The van der Waals surface area contributed by atoms with Gasteiger partial charge in [0.25, 0.3) is 11.6 Å². The monoisotopic (exact) mass is 337 g/mol. The van der Waals surface area contributed by atoms with Gasteiger partial charge in [0.2, 0.25) is 0 Å². The number of fused-ring (bicyclic) bond motifs is 1. The van der Waals surface area contributed by atoms with Gasteiger partial charge in [-0.3, -0.25) is 4.79 Å². The van der Waals surface area contributed by atoms with E-state index in [0.717, 1.165) is 30.6 Å². The summed E-state index contributed by atoms with van der Waals surface area (Å²) in [4.78, 5) is 19.6. The van der Waals surface area contributed by atoms with Crippen molar-refractivity contribution >= 4 is 17.0 Å². The van der Waals surface area contributed by atoms with Crippen molar-refractivity contribution in [2.24, 2.45) is 0 Å². The van der Waals surface area contributed by atoms with Crippen molar-refractivity contribution in [2.45, 2.75) is 33.6 Å². The molecule has 0 radical (unpaired) electrons. The first-order valence-corrected chi connectivity index (χ1v) is 8.77. The summed E-state index contributed by atoms with van der Waals surface area (Å²) in [6.45, 7) is 7.40. The molecule has 5 heteroatoms. The molecule has 0 unspecified atom stereocenters. The summed E-state index contributed by atoms with van der Waals surface area (Å²) in [5.41, 5.74) is 3.38. The Morgan fingerprint density at radius 1 is 1.20 bits per heavy atom. The van der Waals surface area contributed by atoms with Crippen LogP contribution in [0.3, 0.4) is 0 Å². The van der Waals surface area contributed by atoms with Gasteiger partial charge in [-0.1, -0.05) is 48.8 Å². The van der Waals surface area contributed by atoms with Gasteiger partial charge in [-0.15, -0.1) is 0 Å². The van der Waals surface area contributed by atoms with E-state index < -0.39 is 0 Å². The van der Waals surface area contributed by atoms with Gasteiger partial charge in [-0.25, -0.2) is 4.98 Å². The lowest BCUT2D eigenvalue weighted by atomic mass is 10.0. The number of carbonyl (C=O) groups excluding carboxylic acids is 1. The number of aryl methyl sites for hydroxylation is 1. The standard InChI is InChI=1S/C20H23N3O2/c1-4-6-12-23(5-2)20(24)16-13-17(15-10-8-7-9-11-15)21-19-18(16)14(3)22-25-19/h7-11,13H,4-6,12H2,1-3H3. The Morgan fingerprint density at radius 3 is 2.64 bits per heavy atom. The fourth-order valence-electron chi connectivity index (χ4n) is 2.94. The molecule has 3 rings (SSSR count). The maximum atomic E-state index is 13.2. The Balaban J connectivity index is 2.12. The van der Waals surface area contributed by atoms with Crippen LogP contribution in [0.2, 0.25) is 0 Å². The molecule has 0 aliphatic rings. The minimum atomic E-state index is 0.00633. The van der Waals surface area contributed by atoms with E-state index in [1.807, 2.05) is 55.1 Å². The average molecular weight is 337 g/mol. The first-order chi connectivity index (χ1) is 12.2. The number of nitrogens with zero attached hydrogens (tertiary/aromatic N) is 3. The van der Waals surface area contributed by atoms with Gasteiger partial charge in [-0.2, -0.15) is 0 Å². The van der Waals surface area contributed by atoms with Gasteiger partial charge in [0.05, 0.1) is 22.3 Å². The molecule has 0 aliphatic heterocycles. The van der Waals surface area contributed by atoms with E-state index in [1.165, 1.54) is 0 Å². The van der Waals surface area contributed by atoms with Crippen molar-refractivity contribution in [1.29, 1.82) is 0 Å². The predicted molar refractivity (Wildman–Crippen MR) is 98.5 cm³/mol. The van der Waals surface area contributed by atoms with Crippen molar-refractivity contribution < 1.29 is 9.32 Å². The van der Waals surface area contributed by atoms with Crippen LogP contribution in [-0.4, -0.2) is 34.0 Å². The molecule has 2 heterocycles. The largest absolute Gasteiger partial charge is 0.339 e. The number of carbonyl (C=O) groups is 1. The molecule has 130 valence electrons. The first-order valence-electron chi connectivity index (χ1n) is 8.77. The Hall–Kier alpha value is -2.69. The van der Waals surface area contributed by atoms with Crippen molar-refractivity contribution in [1.82, 2.24) is 15.0 Å². The third kappa shape index (κ3) is 3.40. The van der Waals surface area contributed by atoms with E-state index in [-0.39, 0.29) is 5.91 Å². The van der Waals surface area contributed by atoms with Crippen LogP contribution in [0, 0.1) is 6.92 Å². The van der Waals surface area contributed by atoms with Gasteiger partial charge < -0.3 is 9.42 Å². The first kappa shape index (κ1) is 17.1. The second kappa shape index (κ2) is 7.47. The van der Waals surface area contributed by atoms with E-state index >= 15 is 0 Å². The van der Waals surface area contributed by atoms with Gasteiger partial charge in [0, 0.05) is 18.7 Å². The smallest absolute Gasteiger partial charge is 0.259 e. The van der Waals surface area contributed by atoms with Crippen LogP contribution in [0.15, 0.2) is 40.9 Å². The van der Waals surface area contributed by atoms with E-state index in [9.17, 15) is 4.79 Å². The molecule has 0 N–H and O–H groups in total. The van der Waals surface area contributed by atoms with Crippen LogP contribution in [0.25, 0.3) is 22.4 Å². The molecular weight excluding hydrogens is 314 g/mol. The molecule has 5 nitrogen and oxygen atoms in total. The van der Waals surface area contributed by atoms with E-state index in [1.54, 1.807) is 0 Å². The molecule has 0 aliphatic carbocycles. The van der Waals surface area contributed by atoms with Crippen LogP contribution >= 0.6 is 0 Å². The highest BCUT2D eigenvalue weighted by Gasteiger charge is 2.22. The zero-order valence-electron chi connectivity index (χ0n) is 15.0. The second-order valence-electron chi connectivity index (χ2n) is 6.11. The zero-order chi connectivity index (χ0) is 17.8. The number of hydrogen-bond donors (Lipinski definition) is 0. The molecule has 1 amide bonds. The lowest BCUT2D eigenvalue weighted by Gasteiger charge is -2.21. The predicted octanol–water partition coefficient (Wildman–Crippen LogP) is 4.46. The molecule has 0 fully saturated rings. The van der Waals surface area contributed by atoms with Crippen LogP contribution in [0.1, 0.15) is 42.7 Å². The lowest BCUT2D eigenvalue weighted by Crippen LogP contribution is -2.32. The lowest BCUT2D eigenvalue weighted by molar-refractivity contribution is 0.0764.